The van der Waals surface area contributed by atoms with Crippen LogP contribution in [-0.4, -0.2) is 16.6 Å². The summed E-state index contributed by atoms with van der Waals surface area (Å²) in [5.41, 5.74) is 1.08. The van der Waals surface area contributed by atoms with Gasteiger partial charge in [-0.3, -0.25) is 0 Å². The first-order chi connectivity index (χ1) is 8.55. The fourth-order valence-electron chi connectivity index (χ4n) is 1.91. The minimum absolute atomic E-state index is 0.0138. The van der Waals surface area contributed by atoms with Gasteiger partial charge in [-0.2, -0.15) is 0 Å². The summed E-state index contributed by atoms with van der Waals surface area (Å²) in [6, 6.07) is 1.94. The molecule has 4 heteroatoms. The van der Waals surface area contributed by atoms with Crippen molar-refractivity contribution in [3.63, 3.8) is 0 Å². The standard InChI is InChI=1S/C15H26N2OS/c1-8-18-12(15(5,6)7)13-16-10(14(2,3)4)9-11(19)17-13/h9,12H,8H2,1-7H3,(H,16,17,19). The van der Waals surface area contributed by atoms with Crippen LogP contribution in [0.15, 0.2) is 6.07 Å². The number of H-pyrrole nitrogens is 1. The highest BCUT2D eigenvalue weighted by atomic mass is 32.1. The van der Waals surface area contributed by atoms with Gasteiger partial charge in [-0.15, -0.1) is 0 Å². The molecule has 0 aliphatic carbocycles. The van der Waals surface area contributed by atoms with E-state index in [4.69, 9.17) is 17.0 Å². The van der Waals surface area contributed by atoms with Gasteiger partial charge >= 0.3 is 0 Å². The summed E-state index contributed by atoms with van der Waals surface area (Å²) in [6.45, 7) is 15.6. The molecule has 0 bridgehead atoms. The molecule has 0 aromatic carbocycles. The fraction of sp³-hybridized carbons (Fsp3) is 0.733. The van der Waals surface area contributed by atoms with Crippen LogP contribution in [-0.2, 0) is 10.2 Å². The molecular formula is C15H26N2OS. The van der Waals surface area contributed by atoms with Crippen LogP contribution in [0.1, 0.15) is 66.1 Å². The zero-order valence-electron chi connectivity index (χ0n) is 13.1. The third kappa shape index (κ3) is 4.39. The van der Waals surface area contributed by atoms with Gasteiger partial charge in [0.1, 0.15) is 16.6 Å². The fourth-order valence-corrected chi connectivity index (χ4v) is 2.13. The number of ether oxygens (including phenoxy) is 1. The Balaban J connectivity index is 3.32. The molecule has 0 aliphatic heterocycles. The maximum atomic E-state index is 5.88. The molecule has 0 fully saturated rings. The van der Waals surface area contributed by atoms with Crippen LogP contribution in [0.25, 0.3) is 0 Å². The van der Waals surface area contributed by atoms with E-state index in [0.29, 0.717) is 11.2 Å². The molecule has 0 spiro atoms. The summed E-state index contributed by atoms with van der Waals surface area (Å²) in [7, 11) is 0. The van der Waals surface area contributed by atoms with Crippen molar-refractivity contribution in [2.45, 2.75) is 60.0 Å². The summed E-state index contributed by atoms with van der Waals surface area (Å²) in [4.78, 5) is 7.88. The zero-order valence-corrected chi connectivity index (χ0v) is 13.9. The molecule has 0 saturated heterocycles. The van der Waals surface area contributed by atoms with Crippen molar-refractivity contribution in [2.75, 3.05) is 6.61 Å². The summed E-state index contributed by atoms with van der Waals surface area (Å²) >= 11 is 5.30. The van der Waals surface area contributed by atoms with Gasteiger partial charge in [0.25, 0.3) is 0 Å². The van der Waals surface area contributed by atoms with Gasteiger partial charge in [0, 0.05) is 17.7 Å². The van der Waals surface area contributed by atoms with Crippen molar-refractivity contribution in [1.82, 2.24) is 9.97 Å². The van der Waals surface area contributed by atoms with Crippen molar-refractivity contribution in [3.8, 4) is 0 Å². The van der Waals surface area contributed by atoms with Gasteiger partial charge in [0.2, 0.25) is 0 Å². The van der Waals surface area contributed by atoms with Gasteiger partial charge in [-0.1, -0.05) is 53.8 Å². The highest BCUT2D eigenvalue weighted by molar-refractivity contribution is 7.71. The quantitative estimate of drug-likeness (QED) is 0.826. The topological polar surface area (TPSA) is 37.9 Å². The Morgan fingerprint density at radius 3 is 2.26 bits per heavy atom. The lowest BCUT2D eigenvalue weighted by molar-refractivity contribution is -0.0194. The Morgan fingerprint density at radius 1 is 1.26 bits per heavy atom. The average Bonchev–Trinajstić information content (AvgIpc) is 2.22. The average molecular weight is 282 g/mol. The van der Waals surface area contributed by atoms with Crippen LogP contribution in [0, 0.1) is 10.1 Å². The van der Waals surface area contributed by atoms with E-state index in [0.717, 1.165) is 11.5 Å². The first-order valence-electron chi connectivity index (χ1n) is 6.79. The monoisotopic (exact) mass is 282 g/mol. The predicted molar refractivity (Wildman–Crippen MR) is 81.9 cm³/mol. The molecule has 1 N–H and O–H groups in total. The summed E-state index contributed by atoms with van der Waals surface area (Å²) in [5.74, 6) is 0.826. The Bertz CT molecular complexity index is 480. The molecule has 1 rings (SSSR count). The summed E-state index contributed by atoms with van der Waals surface area (Å²) in [5, 5.41) is 0. The largest absolute Gasteiger partial charge is 0.370 e. The maximum Gasteiger partial charge on any atom is 0.137 e. The first-order valence-corrected chi connectivity index (χ1v) is 7.20. The van der Waals surface area contributed by atoms with Crippen LogP contribution in [0.4, 0.5) is 0 Å². The number of aromatic nitrogens is 2. The van der Waals surface area contributed by atoms with Gasteiger partial charge in [0.05, 0.1) is 0 Å². The third-order valence-corrected chi connectivity index (χ3v) is 3.15. The number of rotatable bonds is 3. The molecule has 1 atom stereocenters. The smallest absolute Gasteiger partial charge is 0.137 e. The van der Waals surface area contributed by atoms with Crippen LogP contribution < -0.4 is 0 Å². The molecular weight excluding hydrogens is 256 g/mol. The SMILES string of the molecule is CCOC(c1nc(=S)cc(C(C)(C)C)[nH]1)C(C)(C)C. The van der Waals surface area contributed by atoms with Crippen molar-refractivity contribution >= 4 is 12.2 Å². The second-order valence-corrected chi connectivity index (χ2v) is 7.39. The molecule has 1 aromatic rings. The van der Waals surface area contributed by atoms with E-state index in [1.54, 1.807) is 0 Å². The third-order valence-electron chi connectivity index (χ3n) is 2.94. The number of nitrogens with one attached hydrogen (secondary N) is 1. The molecule has 0 aliphatic rings. The zero-order chi connectivity index (χ0) is 14.8. The molecule has 1 heterocycles. The molecule has 3 nitrogen and oxygen atoms in total. The Kier molecular flexibility index (Phi) is 4.91. The molecule has 1 unspecified atom stereocenters. The Labute approximate surface area is 121 Å². The van der Waals surface area contributed by atoms with E-state index < -0.39 is 0 Å². The predicted octanol–water partition coefficient (Wildman–Crippen LogP) is 4.56. The summed E-state index contributed by atoms with van der Waals surface area (Å²) < 4.78 is 6.49. The van der Waals surface area contributed by atoms with E-state index in [1.807, 2.05) is 13.0 Å². The van der Waals surface area contributed by atoms with Crippen LogP contribution >= 0.6 is 12.2 Å². The second kappa shape index (κ2) is 5.71. The molecule has 0 amide bonds. The first kappa shape index (κ1) is 16.3. The van der Waals surface area contributed by atoms with E-state index in [2.05, 4.69) is 51.5 Å². The van der Waals surface area contributed by atoms with E-state index >= 15 is 0 Å². The van der Waals surface area contributed by atoms with Crippen LogP contribution in [0.3, 0.4) is 0 Å². The van der Waals surface area contributed by atoms with Crippen molar-refractivity contribution in [1.29, 1.82) is 0 Å². The normalized spacial score (nSPS) is 14.5. The van der Waals surface area contributed by atoms with E-state index in [1.165, 1.54) is 0 Å². The minimum atomic E-state index is -0.0819. The number of nitrogens with zero attached hydrogens (tertiary/aromatic N) is 1. The molecule has 0 radical (unpaired) electrons. The van der Waals surface area contributed by atoms with Gasteiger partial charge in [0.15, 0.2) is 0 Å². The minimum Gasteiger partial charge on any atom is -0.370 e. The lowest BCUT2D eigenvalue weighted by Gasteiger charge is -2.30. The lowest BCUT2D eigenvalue weighted by atomic mass is 9.87. The highest BCUT2D eigenvalue weighted by Crippen LogP contribution is 2.35. The Morgan fingerprint density at radius 2 is 1.84 bits per heavy atom. The van der Waals surface area contributed by atoms with Gasteiger partial charge in [-0.25, -0.2) is 4.98 Å². The van der Waals surface area contributed by atoms with Gasteiger partial charge in [-0.05, 0) is 18.4 Å². The van der Waals surface area contributed by atoms with Crippen LogP contribution in [0.5, 0.6) is 0 Å². The van der Waals surface area contributed by atoms with Crippen molar-refractivity contribution in [3.05, 3.63) is 22.2 Å². The van der Waals surface area contributed by atoms with Crippen molar-refractivity contribution < 1.29 is 4.74 Å². The molecule has 19 heavy (non-hydrogen) atoms. The maximum absolute atomic E-state index is 5.88. The highest BCUT2D eigenvalue weighted by Gasteiger charge is 2.29. The number of hydrogen-bond acceptors (Lipinski definition) is 3. The van der Waals surface area contributed by atoms with Crippen molar-refractivity contribution in [2.24, 2.45) is 5.41 Å². The molecule has 0 saturated carbocycles. The number of hydrogen-bond donors (Lipinski definition) is 1. The lowest BCUT2D eigenvalue weighted by Crippen LogP contribution is -2.25. The number of aromatic amines is 1. The second-order valence-electron chi connectivity index (χ2n) is 6.97. The van der Waals surface area contributed by atoms with E-state index in [-0.39, 0.29) is 16.9 Å². The van der Waals surface area contributed by atoms with E-state index in [9.17, 15) is 0 Å². The summed E-state index contributed by atoms with van der Waals surface area (Å²) in [6.07, 6.45) is -0.0819. The van der Waals surface area contributed by atoms with Crippen LogP contribution in [0.2, 0.25) is 0 Å². The molecule has 108 valence electrons. The molecule has 1 aromatic heterocycles. The Hall–Kier alpha value is -0.740. The van der Waals surface area contributed by atoms with Gasteiger partial charge < -0.3 is 9.72 Å².